The van der Waals surface area contributed by atoms with Crippen molar-refractivity contribution in [1.82, 2.24) is 5.32 Å². The van der Waals surface area contributed by atoms with E-state index in [-0.39, 0.29) is 19.1 Å². The van der Waals surface area contributed by atoms with Gasteiger partial charge in [-0.15, -0.1) is 0 Å². The molecule has 0 aromatic heterocycles. The summed E-state index contributed by atoms with van der Waals surface area (Å²) in [5.41, 5.74) is 0.400. The van der Waals surface area contributed by atoms with E-state index in [0.717, 1.165) is 8.95 Å². The van der Waals surface area contributed by atoms with Gasteiger partial charge in [0.15, 0.2) is 0 Å². The van der Waals surface area contributed by atoms with Crippen LogP contribution in [0.5, 0.6) is 0 Å². The van der Waals surface area contributed by atoms with Crippen LogP contribution < -0.4 is 5.32 Å². The van der Waals surface area contributed by atoms with Gasteiger partial charge in [-0.25, -0.2) is 0 Å². The fourth-order valence-electron chi connectivity index (χ4n) is 1.21. The van der Waals surface area contributed by atoms with Crippen LogP contribution in [-0.2, 0) is 4.74 Å². The van der Waals surface area contributed by atoms with Crippen LogP contribution in [0.25, 0.3) is 0 Å². The predicted molar refractivity (Wildman–Crippen MR) is 71.0 cm³/mol. The number of alkyl halides is 3. The first-order valence-electron chi connectivity index (χ1n) is 5.17. The van der Waals surface area contributed by atoms with Gasteiger partial charge in [-0.3, -0.25) is 4.79 Å². The maximum Gasteiger partial charge on any atom is 0.411 e. The largest absolute Gasteiger partial charge is 0.411 e. The molecule has 0 unspecified atom stereocenters. The van der Waals surface area contributed by atoms with Crippen LogP contribution in [0.4, 0.5) is 13.2 Å². The van der Waals surface area contributed by atoms with E-state index in [1.807, 2.05) is 0 Å². The summed E-state index contributed by atoms with van der Waals surface area (Å²) < 4.78 is 41.1. The molecular weight excluding hydrogens is 395 g/mol. The number of hydrogen-bond acceptors (Lipinski definition) is 2. The van der Waals surface area contributed by atoms with Crippen molar-refractivity contribution in [2.75, 3.05) is 19.8 Å². The quantitative estimate of drug-likeness (QED) is 0.762. The van der Waals surface area contributed by atoms with E-state index in [1.54, 1.807) is 18.2 Å². The minimum absolute atomic E-state index is 0.0129. The van der Waals surface area contributed by atoms with Crippen molar-refractivity contribution in [2.24, 2.45) is 0 Å². The molecule has 0 fully saturated rings. The molecule has 1 aromatic rings. The number of nitrogens with one attached hydrogen (secondary N) is 1. The second kappa shape index (κ2) is 7.25. The SMILES string of the molecule is O=C(NCCOCC(F)(F)F)c1cc(Br)cc(Br)c1. The molecule has 0 aliphatic heterocycles. The molecule has 0 radical (unpaired) electrons. The van der Waals surface area contributed by atoms with E-state index in [9.17, 15) is 18.0 Å². The zero-order valence-corrected chi connectivity index (χ0v) is 12.7. The van der Waals surface area contributed by atoms with Crippen LogP contribution in [0.1, 0.15) is 10.4 Å². The summed E-state index contributed by atoms with van der Waals surface area (Å²) in [4.78, 5) is 11.7. The summed E-state index contributed by atoms with van der Waals surface area (Å²) in [6, 6.07) is 4.98. The third-order valence-electron chi connectivity index (χ3n) is 1.92. The van der Waals surface area contributed by atoms with Gasteiger partial charge in [-0.1, -0.05) is 31.9 Å². The first-order valence-corrected chi connectivity index (χ1v) is 6.75. The van der Waals surface area contributed by atoms with E-state index in [0.29, 0.717) is 5.56 Å². The van der Waals surface area contributed by atoms with Gasteiger partial charge < -0.3 is 10.1 Å². The van der Waals surface area contributed by atoms with Crippen LogP contribution in [0.15, 0.2) is 27.1 Å². The molecule has 8 heteroatoms. The monoisotopic (exact) mass is 403 g/mol. The molecule has 19 heavy (non-hydrogen) atoms. The molecule has 0 spiro atoms. The average molecular weight is 405 g/mol. The van der Waals surface area contributed by atoms with Gasteiger partial charge in [-0.2, -0.15) is 13.2 Å². The highest BCUT2D eigenvalue weighted by atomic mass is 79.9. The normalized spacial score (nSPS) is 11.4. The highest BCUT2D eigenvalue weighted by molar-refractivity contribution is 9.11. The second-order valence-electron chi connectivity index (χ2n) is 3.58. The third-order valence-corrected chi connectivity index (χ3v) is 2.84. The molecule has 1 rings (SSSR count). The lowest BCUT2D eigenvalue weighted by atomic mass is 10.2. The standard InChI is InChI=1S/C11H10Br2F3NO2/c12-8-3-7(4-9(13)5-8)10(18)17-1-2-19-6-11(14,15)16/h3-5H,1-2,6H2,(H,17,18). The highest BCUT2D eigenvalue weighted by Crippen LogP contribution is 2.20. The van der Waals surface area contributed by atoms with Gasteiger partial charge in [-0.05, 0) is 18.2 Å². The summed E-state index contributed by atoms with van der Waals surface area (Å²) in [6.07, 6.45) is -4.35. The number of benzene rings is 1. The molecule has 1 N–H and O–H groups in total. The van der Waals surface area contributed by atoms with Crippen LogP contribution in [0.2, 0.25) is 0 Å². The predicted octanol–water partition coefficient (Wildman–Crippen LogP) is 3.52. The van der Waals surface area contributed by atoms with E-state index < -0.39 is 12.8 Å². The van der Waals surface area contributed by atoms with Crippen LogP contribution in [0.3, 0.4) is 0 Å². The Labute approximate surface area is 124 Å². The minimum Gasteiger partial charge on any atom is -0.370 e. The molecule has 0 aliphatic rings. The Bertz CT molecular complexity index is 432. The van der Waals surface area contributed by atoms with Gasteiger partial charge in [0.1, 0.15) is 6.61 Å². The highest BCUT2D eigenvalue weighted by Gasteiger charge is 2.27. The summed E-state index contributed by atoms with van der Waals surface area (Å²) in [7, 11) is 0. The first-order chi connectivity index (χ1) is 8.78. The Morgan fingerprint density at radius 3 is 2.32 bits per heavy atom. The van der Waals surface area contributed by atoms with Crippen molar-refractivity contribution >= 4 is 37.8 Å². The third kappa shape index (κ3) is 6.93. The molecule has 3 nitrogen and oxygen atoms in total. The lowest BCUT2D eigenvalue weighted by molar-refractivity contribution is -0.173. The van der Waals surface area contributed by atoms with E-state index >= 15 is 0 Å². The minimum atomic E-state index is -4.35. The number of amides is 1. The number of ether oxygens (including phenoxy) is 1. The molecule has 0 saturated carbocycles. The lowest BCUT2D eigenvalue weighted by Gasteiger charge is -2.09. The number of rotatable bonds is 5. The van der Waals surface area contributed by atoms with Crippen molar-refractivity contribution in [1.29, 1.82) is 0 Å². The van der Waals surface area contributed by atoms with Crippen molar-refractivity contribution in [3.63, 3.8) is 0 Å². The fourth-order valence-corrected chi connectivity index (χ4v) is 2.51. The summed E-state index contributed by atoms with van der Waals surface area (Å²) in [6.45, 7) is -1.50. The summed E-state index contributed by atoms with van der Waals surface area (Å²) in [5.74, 6) is -0.377. The Balaban J connectivity index is 2.35. The number of halogens is 5. The van der Waals surface area contributed by atoms with Crippen molar-refractivity contribution in [3.8, 4) is 0 Å². The van der Waals surface area contributed by atoms with Crippen LogP contribution in [-0.4, -0.2) is 31.8 Å². The summed E-state index contributed by atoms with van der Waals surface area (Å²) in [5, 5.41) is 2.47. The molecular formula is C11H10Br2F3NO2. The number of carbonyl (C=O) groups is 1. The molecule has 0 saturated heterocycles. The molecule has 1 aromatic carbocycles. The summed E-state index contributed by atoms with van der Waals surface area (Å²) >= 11 is 6.47. The Morgan fingerprint density at radius 1 is 1.21 bits per heavy atom. The van der Waals surface area contributed by atoms with Crippen molar-refractivity contribution in [2.45, 2.75) is 6.18 Å². The van der Waals surface area contributed by atoms with Crippen molar-refractivity contribution < 1.29 is 22.7 Å². The molecule has 0 heterocycles. The Kier molecular flexibility index (Phi) is 6.28. The zero-order valence-electron chi connectivity index (χ0n) is 9.56. The second-order valence-corrected chi connectivity index (χ2v) is 5.41. The van der Waals surface area contributed by atoms with E-state index in [1.165, 1.54) is 0 Å². The molecule has 0 aliphatic carbocycles. The fraction of sp³-hybridized carbons (Fsp3) is 0.364. The van der Waals surface area contributed by atoms with Gasteiger partial charge in [0, 0.05) is 21.1 Å². The van der Waals surface area contributed by atoms with E-state index in [4.69, 9.17) is 0 Å². The Hall–Kier alpha value is -0.600. The maximum atomic E-state index is 11.8. The maximum absolute atomic E-state index is 11.8. The zero-order chi connectivity index (χ0) is 14.5. The van der Waals surface area contributed by atoms with Gasteiger partial charge >= 0.3 is 6.18 Å². The van der Waals surface area contributed by atoms with Gasteiger partial charge in [0.2, 0.25) is 0 Å². The van der Waals surface area contributed by atoms with E-state index in [2.05, 4.69) is 41.9 Å². The Morgan fingerprint density at radius 2 is 1.79 bits per heavy atom. The average Bonchev–Trinajstić information content (AvgIpc) is 2.25. The smallest absolute Gasteiger partial charge is 0.370 e. The molecule has 0 bridgehead atoms. The topological polar surface area (TPSA) is 38.3 Å². The molecule has 0 atom stereocenters. The van der Waals surface area contributed by atoms with Crippen LogP contribution >= 0.6 is 31.9 Å². The first kappa shape index (κ1) is 16.5. The lowest BCUT2D eigenvalue weighted by Crippen LogP contribution is -2.28. The van der Waals surface area contributed by atoms with Crippen LogP contribution in [0, 0.1) is 0 Å². The van der Waals surface area contributed by atoms with Gasteiger partial charge in [0.25, 0.3) is 5.91 Å². The number of hydrogen-bond donors (Lipinski definition) is 1. The van der Waals surface area contributed by atoms with Gasteiger partial charge in [0.05, 0.1) is 6.61 Å². The number of carbonyl (C=O) groups excluding carboxylic acids is 1. The molecule has 106 valence electrons. The molecule has 1 amide bonds. The van der Waals surface area contributed by atoms with Crippen molar-refractivity contribution in [3.05, 3.63) is 32.7 Å².